The van der Waals surface area contributed by atoms with Crippen LogP contribution in [0.2, 0.25) is 10.0 Å². The van der Waals surface area contributed by atoms with Gasteiger partial charge in [-0.25, -0.2) is 9.78 Å². The van der Waals surface area contributed by atoms with E-state index in [0.29, 0.717) is 33.0 Å². The smallest absolute Gasteiger partial charge is 0.328 e. The fourth-order valence-electron chi connectivity index (χ4n) is 2.80. The highest BCUT2D eigenvalue weighted by molar-refractivity contribution is 8.00. The van der Waals surface area contributed by atoms with E-state index in [1.165, 1.54) is 23.1 Å². The molecule has 176 valence electrons. The number of nitrogens with zero attached hydrogens (tertiary/aromatic N) is 1. The van der Waals surface area contributed by atoms with Crippen molar-refractivity contribution in [3.63, 3.8) is 0 Å². The number of carboxylic acid groups (broad SMARTS) is 1. The first-order valence-corrected chi connectivity index (χ1v) is 12.5. The molecule has 0 radical (unpaired) electrons. The Morgan fingerprint density at radius 2 is 1.94 bits per heavy atom. The number of aliphatic carboxylic acids is 1. The van der Waals surface area contributed by atoms with Crippen molar-refractivity contribution in [2.24, 2.45) is 0 Å². The van der Waals surface area contributed by atoms with Gasteiger partial charge in [-0.3, -0.25) is 9.59 Å². The molecule has 1 heterocycles. The van der Waals surface area contributed by atoms with E-state index in [0.717, 1.165) is 22.6 Å². The quantitative estimate of drug-likeness (QED) is 0.222. The first kappa shape index (κ1) is 25.8. The number of thiazole rings is 1. The summed E-state index contributed by atoms with van der Waals surface area (Å²) in [7, 11) is 0. The third-order valence-electron chi connectivity index (χ3n) is 4.36. The van der Waals surface area contributed by atoms with Gasteiger partial charge in [0.15, 0.2) is 5.13 Å². The highest BCUT2D eigenvalue weighted by Crippen LogP contribution is 2.33. The van der Waals surface area contributed by atoms with Crippen molar-refractivity contribution >= 4 is 74.9 Å². The Labute approximate surface area is 214 Å². The lowest BCUT2D eigenvalue weighted by molar-refractivity contribution is -0.131. The Morgan fingerprint density at radius 3 is 2.65 bits per heavy atom. The minimum Gasteiger partial charge on any atom is -0.478 e. The Bertz CT molecular complexity index is 1250. The zero-order valence-corrected chi connectivity index (χ0v) is 20.9. The van der Waals surface area contributed by atoms with Crippen molar-refractivity contribution in [1.29, 1.82) is 0 Å². The molecule has 0 saturated heterocycles. The summed E-state index contributed by atoms with van der Waals surface area (Å²) in [4.78, 5) is 40.5. The zero-order chi connectivity index (χ0) is 24.7. The topological polar surface area (TPSA) is 108 Å². The lowest BCUT2D eigenvalue weighted by Gasteiger charge is -2.14. The Balaban J connectivity index is 1.65. The first-order valence-electron chi connectivity index (χ1n) is 9.95. The van der Waals surface area contributed by atoms with Gasteiger partial charge in [0.2, 0.25) is 11.8 Å². The van der Waals surface area contributed by atoms with E-state index in [1.807, 2.05) is 18.4 Å². The van der Waals surface area contributed by atoms with Crippen LogP contribution in [-0.4, -0.2) is 33.1 Å². The SMILES string of the molecule is CCC(Sc1cccc(NC(=O)/C=C/C(=O)O)c1)C(=O)Nc1nc(-c2ccc(Cl)cc2Cl)cs1. The number of anilines is 2. The van der Waals surface area contributed by atoms with Crippen LogP contribution in [0.3, 0.4) is 0 Å². The van der Waals surface area contributed by atoms with Crippen molar-refractivity contribution in [3.8, 4) is 11.3 Å². The number of benzene rings is 2. The van der Waals surface area contributed by atoms with Gasteiger partial charge >= 0.3 is 5.97 Å². The maximum absolute atomic E-state index is 12.9. The van der Waals surface area contributed by atoms with Crippen LogP contribution in [0, 0.1) is 0 Å². The van der Waals surface area contributed by atoms with E-state index in [4.69, 9.17) is 28.3 Å². The van der Waals surface area contributed by atoms with Crippen molar-refractivity contribution in [2.45, 2.75) is 23.5 Å². The lowest BCUT2D eigenvalue weighted by atomic mass is 10.2. The van der Waals surface area contributed by atoms with Gasteiger partial charge in [0.25, 0.3) is 0 Å². The number of carbonyl (C=O) groups excluding carboxylic acids is 2. The molecule has 34 heavy (non-hydrogen) atoms. The molecule has 0 aliphatic carbocycles. The fourth-order valence-corrected chi connectivity index (χ4v) is 5.03. The van der Waals surface area contributed by atoms with Crippen LogP contribution in [0.25, 0.3) is 11.3 Å². The van der Waals surface area contributed by atoms with E-state index >= 15 is 0 Å². The number of nitrogens with one attached hydrogen (secondary N) is 2. The number of carbonyl (C=O) groups is 3. The summed E-state index contributed by atoms with van der Waals surface area (Å²) < 4.78 is 0. The number of rotatable bonds is 9. The molecule has 0 aliphatic rings. The van der Waals surface area contributed by atoms with Crippen LogP contribution in [0.1, 0.15) is 13.3 Å². The molecule has 3 rings (SSSR count). The second kappa shape index (κ2) is 12.0. The van der Waals surface area contributed by atoms with Gasteiger partial charge in [0, 0.05) is 38.7 Å². The van der Waals surface area contributed by atoms with E-state index in [9.17, 15) is 14.4 Å². The largest absolute Gasteiger partial charge is 0.478 e. The standard InChI is InChI=1S/C23H19Cl2N3O4S2/c1-2-19(34-15-5-3-4-14(11-15)26-20(29)8-9-21(30)31)22(32)28-23-27-18(12-33-23)16-7-6-13(24)10-17(16)25/h3-12,19H,2H2,1H3,(H,26,29)(H,30,31)(H,27,28,32)/b9-8+. The molecule has 0 saturated carbocycles. The molecule has 3 aromatic rings. The van der Waals surface area contributed by atoms with Crippen LogP contribution < -0.4 is 10.6 Å². The molecular weight excluding hydrogens is 517 g/mol. The van der Waals surface area contributed by atoms with E-state index in [1.54, 1.807) is 36.4 Å². The van der Waals surface area contributed by atoms with Gasteiger partial charge in [-0.2, -0.15) is 0 Å². The Morgan fingerprint density at radius 1 is 1.15 bits per heavy atom. The van der Waals surface area contributed by atoms with Gasteiger partial charge in [-0.05, 0) is 42.8 Å². The molecule has 0 bridgehead atoms. The van der Waals surface area contributed by atoms with Crippen LogP contribution >= 0.6 is 46.3 Å². The minimum atomic E-state index is -1.21. The molecule has 2 aromatic carbocycles. The van der Waals surface area contributed by atoms with E-state index in [-0.39, 0.29) is 5.91 Å². The number of hydrogen-bond acceptors (Lipinski definition) is 6. The molecule has 0 aliphatic heterocycles. The summed E-state index contributed by atoms with van der Waals surface area (Å²) in [6.45, 7) is 1.90. The van der Waals surface area contributed by atoms with Crippen molar-refractivity contribution in [3.05, 3.63) is 70.0 Å². The third-order valence-corrected chi connectivity index (χ3v) is 7.03. The summed E-state index contributed by atoms with van der Waals surface area (Å²) in [6, 6.07) is 12.1. The first-order chi connectivity index (χ1) is 16.2. The van der Waals surface area contributed by atoms with Gasteiger partial charge in [0.1, 0.15) is 0 Å². The van der Waals surface area contributed by atoms with Crippen molar-refractivity contribution < 1.29 is 19.5 Å². The Hall–Kier alpha value is -2.85. The van der Waals surface area contributed by atoms with Crippen LogP contribution in [0.5, 0.6) is 0 Å². The second-order valence-corrected chi connectivity index (χ2v) is 9.83. The molecule has 7 nitrogen and oxygen atoms in total. The molecular formula is C23H19Cl2N3O4S2. The monoisotopic (exact) mass is 535 g/mol. The number of halogens is 2. The number of amides is 2. The fraction of sp³-hybridized carbons (Fsp3) is 0.130. The normalized spacial score (nSPS) is 11.9. The summed E-state index contributed by atoms with van der Waals surface area (Å²) >= 11 is 14.8. The molecule has 1 aromatic heterocycles. The average Bonchev–Trinajstić information content (AvgIpc) is 3.24. The predicted molar refractivity (Wildman–Crippen MR) is 138 cm³/mol. The summed E-state index contributed by atoms with van der Waals surface area (Å²) in [5.74, 6) is -1.97. The molecule has 0 spiro atoms. The second-order valence-electron chi connectivity index (χ2n) is 6.85. The van der Waals surface area contributed by atoms with Crippen LogP contribution in [0.4, 0.5) is 10.8 Å². The van der Waals surface area contributed by atoms with Crippen LogP contribution in [-0.2, 0) is 14.4 Å². The molecule has 2 amide bonds. The van der Waals surface area contributed by atoms with E-state index in [2.05, 4.69) is 15.6 Å². The minimum absolute atomic E-state index is 0.200. The maximum atomic E-state index is 12.9. The summed E-state index contributed by atoms with van der Waals surface area (Å²) in [6.07, 6.45) is 2.26. The predicted octanol–water partition coefficient (Wildman–Crippen LogP) is 6.21. The highest BCUT2D eigenvalue weighted by atomic mass is 35.5. The molecule has 1 atom stereocenters. The Kier molecular flexibility index (Phi) is 9.12. The third kappa shape index (κ3) is 7.33. The molecule has 1 unspecified atom stereocenters. The summed E-state index contributed by atoms with van der Waals surface area (Å²) in [5, 5.41) is 16.9. The van der Waals surface area contributed by atoms with E-state index < -0.39 is 17.1 Å². The van der Waals surface area contributed by atoms with Gasteiger partial charge in [-0.15, -0.1) is 23.1 Å². The maximum Gasteiger partial charge on any atom is 0.328 e. The highest BCUT2D eigenvalue weighted by Gasteiger charge is 2.20. The van der Waals surface area contributed by atoms with Crippen molar-refractivity contribution in [2.75, 3.05) is 10.6 Å². The number of aromatic nitrogens is 1. The number of carboxylic acids is 1. The molecule has 0 fully saturated rings. The zero-order valence-electron chi connectivity index (χ0n) is 17.7. The van der Waals surface area contributed by atoms with Crippen molar-refractivity contribution in [1.82, 2.24) is 4.98 Å². The molecule has 3 N–H and O–H groups in total. The average molecular weight is 536 g/mol. The number of hydrogen-bond donors (Lipinski definition) is 3. The lowest BCUT2D eigenvalue weighted by Crippen LogP contribution is -2.24. The molecule has 11 heteroatoms. The van der Waals surface area contributed by atoms with Gasteiger partial charge < -0.3 is 15.7 Å². The summed E-state index contributed by atoms with van der Waals surface area (Å²) in [5.41, 5.74) is 1.86. The van der Waals surface area contributed by atoms with Gasteiger partial charge in [-0.1, -0.05) is 36.2 Å². The van der Waals surface area contributed by atoms with Crippen LogP contribution in [0.15, 0.2) is 64.9 Å². The van der Waals surface area contributed by atoms with Gasteiger partial charge in [0.05, 0.1) is 16.0 Å². The number of thioether (sulfide) groups is 1.